The van der Waals surface area contributed by atoms with Gasteiger partial charge < -0.3 is 14.2 Å². The summed E-state index contributed by atoms with van der Waals surface area (Å²) in [5.74, 6) is 1.88. The molecule has 0 fully saturated rings. The molecule has 7 heteroatoms. The largest absolute Gasteiger partial charge is 0.494 e. The monoisotopic (exact) mass is 393 g/mol. The molecule has 0 aliphatic heterocycles. The molecular formula is C20H27NO5S. The molecule has 148 valence electrons. The SMILES string of the molecule is CCOc1ccc(S(=O)(=O)N[C@@H](C)c2ccc(OCC)c(OCC)c2)cc1. The summed E-state index contributed by atoms with van der Waals surface area (Å²) in [5, 5.41) is 0. The molecule has 2 rings (SSSR count). The van der Waals surface area contributed by atoms with Crippen molar-refractivity contribution < 1.29 is 22.6 Å². The first-order chi connectivity index (χ1) is 12.9. The first-order valence-electron chi connectivity index (χ1n) is 9.06. The Morgan fingerprint density at radius 1 is 0.852 bits per heavy atom. The second-order valence-corrected chi connectivity index (χ2v) is 7.53. The number of benzene rings is 2. The average molecular weight is 394 g/mol. The molecular weight excluding hydrogens is 366 g/mol. The van der Waals surface area contributed by atoms with E-state index in [2.05, 4.69) is 4.72 Å². The van der Waals surface area contributed by atoms with Crippen molar-refractivity contribution in [2.24, 2.45) is 0 Å². The highest BCUT2D eigenvalue weighted by Crippen LogP contribution is 2.31. The van der Waals surface area contributed by atoms with Gasteiger partial charge in [-0.2, -0.15) is 0 Å². The van der Waals surface area contributed by atoms with Crippen molar-refractivity contribution in [2.45, 2.75) is 38.6 Å². The van der Waals surface area contributed by atoms with E-state index in [1.807, 2.05) is 26.8 Å². The molecule has 1 atom stereocenters. The van der Waals surface area contributed by atoms with Gasteiger partial charge in [0, 0.05) is 6.04 Å². The molecule has 0 amide bonds. The van der Waals surface area contributed by atoms with Crippen LogP contribution < -0.4 is 18.9 Å². The third-order valence-corrected chi connectivity index (χ3v) is 5.40. The fraction of sp³-hybridized carbons (Fsp3) is 0.400. The van der Waals surface area contributed by atoms with Crippen molar-refractivity contribution in [3.8, 4) is 17.2 Å². The van der Waals surface area contributed by atoms with Crippen molar-refractivity contribution in [3.63, 3.8) is 0 Å². The van der Waals surface area contributed by atoms with Crippen LogP contribution in [0.1, 0.15) is 39.3 Å². The standard InChI is InChI=1S/C20H27NO5S/c1-5-24-17-9-11-18(12-10-17)27(22,23)21-15(4)16-8-13-19(25-6-2)20(14-16)26-7-3/h8-15,21H,5-7H2,1-4H3/t15-/m0/s1. The predicted molar refractivity (Wildman–Crippen MR) is 105 cm³/mol. The molecule has 0 unspecified atom stereocenters. The molecule has 0 heterocycles. The summed E-state index contributed by atoms with van der Waals surface area (Å²) in [6.07, 6.45) is 0. The second-order valence-electron chi connectivity index (χ2n) is 5.82. The lowest BCUT2D eigenvalue weighted by molar-refractivity contribution is 0.287. The third-order valence-electron chi connectivity index (χ3n) is 3.84. The molecule has 0 bridgehead atoms. The maximum Gasteiger partial charge on any atom is 0.241 e. The molecule has 0 saturated heterocycles. The van der Waals surface area contributed by atoms with Crippen molar-refractivity contribution in [1.82, 2.24) is 4.72 Å². The smallest absolute Gasteiger partial charge is 0.241 e. The Labute approximate surface area is 161 Å². The minimum absolute atomic E-state index is 0.189. The zero-order valence-corrected chi connectivity index (χ0v) is 17.0. The van der Waals surface area contributed by atoms with Crippen LogP contribution in [0, 0.1) is 0 Å². The molecule has 2 aromatic carbocycles. The first kappa shape index (κ1) is 21.1. The number of rotatable bonds is 10. The summed E-state index contributed by atoms with van der Waals surface area (Å²) in [5.41, 5.74) is 0.788. The minimum Gasteiger partial charge on any atom is -0.494 e. The molecule has 0 aromatic heterocycles. The summed E-state index contributed by atoms with van der Waals surface area (Å²) < 4.78 is 44.5. The lowest BCUT2D eigenvalue weighted by Gasteiger charge is -2.18. The number of hydrogen-bond acceptors (Lipinski definition) is 5. The van der Waals surface area contributed by atoms with Crippen LogP contribution >= 0.6 is 0 Å². The van der Waals surface area contributed by atoms with Crippen LogP contribution in [0.15, 0.2) is 47.4 Å². The van der Waals surface area contributed by atoms with E-state index < -0.39 is 16.1 Å². The molecule has 0 aliphatic carbocycles. The van der Waals surface area contributed by atoms with Crippen LogP contribution in [-0.2, 0) is 10.0 Å². The van der Waals surface area contributed by atoms with E-state index in [4.69, 9.17) is 14.2 Å². The van der Waals surface area contributed by atoms with Crippen LogP contribution in [-0.4, -0.2) is 28.2 Å². The molecule has 1 N–H and O–H groups in total. The topological polar surface area (TPSA) is 73.9 Å². The lowest BCUT2D eigenvalue weighted by Crippen LogP contribution is -2.26. The summed E-state index contributed by atoms with van der Waals surface area (Å²) in [6, 6.07) is 11.4. The molecule has 0 aliphatic rings. The Bertz CT molecular complexity index is 834. The first-order valence-corrected chi connectivity index (χ1v) is 10.5. The highest BCUT2D eigenvalue weighted by Gasteiger charge is 2.19. The van der Waals surface area contributed by atoms with Gasteiger partial charge in [0.05, 0.1) is 24.7 Å². The normalized spacial score (nSPS) is 12.4. The molecule has 6 nitrogen and oxygen atoms in total. The van der Waals surface area contributed by atoms with Gasteiger partial charge in [-0.25, -0.2) is 13.1 Å². The van der Waals surface area contributed by atoms with Gasteiger partial charge >= 0.3 is 0 Å². The van der Waals surface area contributed by atoms with Gasteiger partial charge in [-0.15, -0.1) is 0 Å². The van der Waals surface area contributed by atoms with Gasteiger partial charge in [-0.1, -0.05) is 6.07 Å². The van der Waals surface area contributed by atoms with Gasteiger partial charge in [0.1, 0.15) is 5.75 Å². The number of sulfonamides is 1. The van der Waals surface area contributed by atoms with Crippen LogP contribution in [0.25, 0.3) is 0 Å². The molecule has 0 radical (unpaired) electrons. The van der Waals surface area contributed by atoms with E-state index in [0.29, 0.717) is 37.1 Å². The Morgan fingerprint density at radius 3 is 2.04 bits per heavy atom. The maximum absolute atomic E-state index is 12.7. The predicted octanol–water partition coefficient (Wildman–Crippen LogP) is 3.92. The average Bonchev–Trinajstić information content (AvgIpc) is 2.64. The number of ether oxygens (including phenoxy) is 3. The molecule has 0 spiro atoms. The Balaban J connectivity index is 2.19. The fourth-order valence-corrected chi connectivity index (χ4v) is 3.82. The number of nitrogens with one attached hydrogen (secondary N) is 1. The Kier molecular flexibility index (Phi) is 7.50. The van der Waals surface area contributed by atoms with Crippen molar-refractivity contribution in [2.75, 3.05) is 19.8 Å². The number of hydrogen-bond donors (Lipinski definition) is 1. The van der Waals surface area contributed by atoms with E-state index in [1.54, 1.807) is 31.2 Å². The van der Waals surface area contributed by atoms with Crippen LogP contribution in [0.5, 0.6) is 17.2 Å². The summed E-state index contributed by atoms with van der Waals surface area (Å²) in [4.78, 5) is 0.189. The van der Waals surface area contributed by atoms with Crippen LogP contribution in [0.4, 0.5) is 0 Å². The fourth-order valence-electron chi connectivity index (χ4n) is 2.59. The van der Waals surface area contributed by atoms with Gasteiger partial charge in [-0.3, -0.25) is 0 Å². The maximum atomic E-state index is 12.7. The quantitative estimate of drug-likeness (QED) is 0.662. The van der Waals surface area contributed by atoms with Crippen molar-refractivity contribution in [1.29, 1.82) is 0 Å². The van der Waals surface area contributed by atoms with E-state index >= 15 is 0 Å². The molecule has 27 heavy (non-hydrogen) atoms. The summed E-state index contributed by atoms with van der Waals surface area (Å²) >= 11 is 0. The third kappa shape index (κ3) is 5.61. The lowest BCUT2D eigenvalue weighted by atomic mass is 10.1. The van der Waals surface area contributed by atoms with E-state index in [1.165, 1.54) is 12.1 Å². The van der Waals surface area contributed by atoms with Gasteiger partial charge in [0.15, 0.2) is 11.5 Å². The molecule has 0 saturated carbocycles. The summed E-state index contributed by atoms with van der Waals surface area (Å²) in [6.45, 7) is 9.01. The van der Waals surface area contributed by atoms with Crippen LogP contribution in [0.2, 0.25) is 0 Å². The van der Waals surface area contributed by atoms with Crippen molar-refractivity contribution >= 4 is 10.0 Å². The van der Waals surface area contributed by atoms with Gasteiger partial charge in [0.2, 0.25) is 10.0 Å². The second kappa shape index (κ2) is 9.62. The zero-order valence-electron chi connectivity index (χ0n) is 16.2. The van der Waals surface area contributed by atoms with Crippen molar-refractivity contribution in [3.05, 3.63) is 48.0 Å². The van der Waals surface area contributed by atoms with E-state index in [-0.39, 0.29) is 4.90 Å². The van der Waals surface area contributed by atoms with Gasteiger partial charge in [-0.05, 0) is 69.7 Å². The minimum atomic E-state index is -3.66. The van der Waals surface area contributed by atoms with E-state index in [0.717, 1.165) is 5.56 Å². The molecule has 2 aromatic rings. The van der Waals surface area contributed by atoms with Gasteiger partial charge in [0.25, 0.3) is 0 Å². The Hall–Kier alpha value is -2.25. The Morgan fingerprint density at radius 2 is 1.44 bits per heavy atom. The highest BCUT2D eigenvalue weighted by atomic mass is 32.2. The van der Waals surface area contributed by atoms with E-state index in [9.17, 15) is 8.42 Å². The zero-order chi connectivity index (χ0) is 19.9. The summed E-state index contributed by atoms with van der Waals surface area (Å²) in [7, 11) is -3.66. The highest BCUT2D eigenvalue weighted by molar-refractivity contribution is 7.89. The van der Waals surface area contributed by atoms with Crippen LogP contribution in [0.3, 0.4) is 0 Å².